The van der Waals surface area contributed by atoms with Crippen LogP contribution in [0.3, 0.4) is 0 Å². The van der Waals surface area contributed by atoms with Gasteiger partial charge in [-0.2, -0.15) is 0 Å². The number of benzene rings is 3. The van der Waals surface area contributed by atoms with Gasteiger partial charge in [-0.05, 0) is 40.1 Å². The molecule has 0 aliphatic carbocycles. The Labute approximate surface area is 159 Å². The van der Waals surface area contributed by atoms with Crippen LogP contribution >= 0.6 is 0 Å². The molecule has 1 heterocycles. The number of fused-ring (bicyclic) bond motifs is 1. The fourth-order valence-corrected chi connectivity index (χ4v) is 3.56. The molecule has 3 aromatic rings. The van der Waals surface area contributed by atoms with E-state index < -0.39 is 5.60 Å². The first kappa shape index (κ1) is 17.8. The molecule has 0 atom stereocenters. The third-order valence-electron chi connectivity index (χ3n) is 5.23. The zero-order valence-electron chi connectivity index (χ0n) is 15.5. The molecule has 3 aromatic carbocycles. The third-order valence-corrected chi connectivity index (χ3v) is 5.23. The molecule has 0 amide bonds. The van der Waals surface area contributed by atoms with Crippen molar-refractivity contribution in [1.82, 2.24) is 0 Å². The number of ether oxygens (including phenoxy) is 3. The van der Waals surface area contributed by atoms with Gasteiger partial charge in [-0.25, -0.2) is 0 Å². The van der Waals surface area contributed by atoms with Gasteiger partial charge in [0.2, 0.25) is 0 Å². The molecule has 0 spiro atoms. The first-order valence-corrected chi connectivity index (χ1v) is 9.27. The zero-order valence-corrected chi connectivity index (χ0v) is 15.5. The average Bonchev–Trinajstić information content (AvgIpc) is 2.72. The minimum absolute atomic E-state index is 0.457. The van der Waals surface area contributed by atoms with E-state index in [4.69, 9.17) is 14.2 Å². The van der Waals surface area contributed by atoms with Gasteiger partial charge in [0.1, 0.15) is 6.61 Å². The number of hydrogen-bond acceptors (Lipinski definition) is 4. The van der Waals surface area contributed by atoms with Gasteiger partial charge in [0.05, 0.1) is 12.7 Å². The Balaban J connectivity index is 1.52. The van der Waals surface area contributed by atoms with Gasteiger partial charge in [0, 0.05) is 26.1 Å². The summed E-state index contributed by atoms with van der Waals surface area (Å²) in [5.74, 6) is 1.30. The average molecular weight is 364 g/mol. The molecule has 27 heavy (non-hydrogen) atoms. The summed E-state index contributed by atoms with van der Waals surface area (Å²) < 4.78 is 16.9. The van der Waals surface area contributed by atoms with Crippen LogP contribution in [-0.2, 0) is 16.9 Å². The molecule has 140 valence electrons. The Morgan fingerprint density at radius 2 is 1.70 bits per heavy atom. The van der Waals surface area contributed by atoms with E-state index in [1.54, 1.807) is 7.11 Å². The highest BCUT2D eigenvalue weighted by atomic mass is 16.5. The lowest BCUT2D eigenvalue weighted by Gasteiger charge is -2.32. The van der Waals surface area contributed by atoms with E-state index in [-0.39, 0.29) is 0 Å². The summed E-state index contributed by atoms with van der Waals surface area (Å²) >= 11 is 0. The highest BCUT2D eigenvalue weighted by molar-refractivity contribution is 5.82. The van der Waals surface area contributed by atoms with Crippen LogP contribution < -0.4 is 9.47 Å². The monoisotopic (exact) mass is 364 g/mol. The van der Waals surface area contributed by atoms with Crippen LogP contribution in [-0.4, -0.2) is 25.4 Å². The van der Waals surface area contributed by atoms with Crippen molar-refractivity contribution in [3.63, 3.8) is 0 Å². The van der Waals surface area contributed by atoms with Gasteiger partial charge >= 0.3 is 0 Å². The van der Waals surface area contributed by atoms with Gasteiger partial charge in [0.25, 0.3) is 0 Å². The number of rotatable bonds is 5. The van der Waals surface area contributed by atoms with Gasteiger partial charge < -0.3 is 19.3 Å². The van der Waals surface area contributed by atoms with Crippen molar-refractivity contribution in [1.29, 1.82) is 0 Å². The molecule has 4 rings (SSSR count). The second kappa shape index (κ2) is 7.59. The van der Waals surface area contributed by atoms with Crippen molar-refractivity contribution in [3.8, 4) is 11.5 Å². The summed E-state index contributed by atoms with van der Waals surface area (Å²) in [5, 5.41) is 13.3. The molecule has 0 radical (unpaired) electrons. The number of hydrogen-bond donors (Lipinski definition) is 1. The Hall–Kier alpha value is -2.56. The van der Waals surface area contributed by atoms with E-state index in [1.807, 2.05) is 30.3 Å². The summed E-state index contributed by atoms with van der Waals surface area (Å²) in [6.45, 7) is 1.59. The zero-order chi connectivity index (χ0) is 18.7. The summed E-state index contributed by atoms with van der Waals surface area (Å²) in [5.41, 5.74) is 1.09. The first-order valence-electron chi connectivity index (χ1n) is 9.27. The molecule has 0 saturated carbocycles. The molecule has 1 N–H and O–H groups in total. The summed E-state index contributed by atoms with van der Waals surface area (Å²) in [6, 6.07) is 20.3. The standard InChI is InChI=1S/C23H24O4/c1-25-22-15-20(23(24)10-12-26-13-11-23)8-9-21(22)27-16-17-6-7-18-4-2-3-5-19(18)14-17/h2-9,14-15,24H,10-13,16H2,1H3. The van der Waals surface area contributed by atoms with E-state index >= 15 is 0 Å². The van der Waals surface area contributed by atoms with Gasteiger partial charge in [-0.3, -0.25) is 0 Å². The Morgan fingerprint density at radius 1 is 0.926 bits per heavy atom. The maximum Gasteiger partial charge on any atom is 0.161 e. The van der Waals surface area contributed by atoms with Crippen LogP contribution in [0.1, 0.15) is 24.0 Å². The largest absolute Gasteiger partial charge is 0.493 e. The summed E-state index contributed by atoms with van der Waals surface area (Å²) in [6.07, 6.45) is 1.18. The third kappa shape index (κ3) is 3.77. The second-order valence-corrected chi connectivity index (χ2v) is 6.98. The van der Waals surface area contributed by atoms with Crippen molar-refractivity contribution >= 4 is 10.8 Å². The van der Waals surface area contributed by atoms with Crippen LogP contribution in [0, 0.1) is 0 Å². The number of methoxy groups -OCH3 is 1. The number of aliphatic hydroxyl groups is 1. The molecule has 0 unspecified atom stereocenters. The Morgan fingerprint density at radius 3 is 2.48 bits per heavy atom. The van der Waals surface area contributed by atoms with Crippen molar-refractivity contribution in [2.24, 2.45) is 0 Å². The smallest absolute Gasteiger partial charge is 0.161 e. The van der Waals surface area contributed by atoms with Crippen LogP contribution in [0.15, 0.2) is 60.7 Å². The predicted molar refractivity (Wildman–Crippen MR) is 105 cm³/mol. The summed E-state index contributed by atoms with van der Waals surface area (Å²) in [4.78, 5) is 0. The summed E-state index contributed by atoms with van der Waals surface area (Å²) in [7, 11) is 1.62. The van der Waals surface area contributed by atoms with Gasteiger partial charge in [-0.1, -0.05) is 42.5 Å². The quantitative estimate of drug-likeness (QED) is 0.728. The fraction of sp³-hybridized carbons (Fsp3) is 0.304. The molecule has 0 bridgehead atoms. The van der Waals surface area contributed by atoms with Crippen molar-refractivity contribution in [2.45, 2.75) is 25.0 Å². The fourth-order valence-electron chi connectivity index (χ4n) is 3.56. The lowest BCUT2D eigenvalue weighted by atomic mass is 9.86. The van der Waals surface area contributed by atoms with Crippen LogP contribution in [0.2, 0.25) is 0 Å². The Kier molecular flexibility index (Phi) is 5.01. The van der Waals surface area contributed by atoms with Gasteiger partial charge in [-0.15, -0.1) is 0 Å². The normalized spacial score (nSPS) is 16.2. The molecule has 4 heteroatoms. The SMILES string of the molecule is COc1cc(C2(O)CCOCC2)ccc1OCc1ccc2ccccc2c1. The molecule has 1 aliphatic rings. The lowest BCUT2D eigenvalue weighted by molar-refractivity contribution is -0.0680. The minimum Gasteiger partial charge on any atom is -0.493 e. The van der Waals surface area contributed by atoms with Crippen LogP contribution in [0.25, 0.3) is 10.8 Å². The molecule has 4 nitrogen and oxygen atoms in total. The molecule has 1 fully saturated rings. The second-order valence-electron chi connectivity index (χ2n) is 6.98. The molecular weight excluding hydrogens is 340 g/mol. The van der Waals surface area contributed by atoms with Crippen LogP contribution in [0.4, 0.5) is 0 Å². The first-order chi connectivity index (χ1) is 13.2. The van der Waals surface area contributed by atoms with E-state index in [1.165, 1.54) is 10.8 Å². The molecule has 1 aliphatic heterocycles. The molecular formula is C23H24O4. The van der Waals surface area contributed by atoms with Crippen LogP contribution in [0.5, 0.6) is 11.5 Å². The van der Waals surface area contributed by atoms with E-state index in [9.17, 15) is 5.11 Å². The van der Waals surface area contributed by atoms with Crippen molar-refractivity contribution in [2.75, 3.05) is 20.3 Å². The predicted octanol–water partition coefficient (Wildman–Crippen LogP) is 4.43. The van der Waals surface area contributed by atoms with E-state index in [2.05, 4.69) is 30.3 Å². The van der Waals surface area contributed by atoms with Crippen molar-refractivity contribution in [3.05, 3.63) is 71.8 Å². The maximum atomic E-state index is 10.9. The molecule has 0 aromatic heterocycles. The Bertz CT molecular complexity index is 929. The topological polar surface area (TPSA) is 47.9 Å². The minimum atomic E-state index is -0.859. The highest BCUT2D eigenvalue weighted by Gasteiger charge is 2.32. The highest BCUT2D eigenvalue weighted by Crippen LogP contribution is 2.37. The van der Waals surface area contributed by atoms with E-state index in [0.29, 0.717) is 44.2 Å². The maximum absolute atomic E-state index is 10.9. The molecule has 1 saturated heterocycles. The van der Waals surface area contributed by atoms with E-state index in [0.717, 1.165) is 11.1 Å². The van der Waals surface area contributed by atoms with Crippen molar-refractivity contribution < 1.29 is 19.3 Å². The van der Waals surface area contributed by atoms with Gasteiger partial charge in [0.15, 0.2) is 11.5 Å². The lowest BCUT2D eigenvalue weighted by Crippen LogP contribution is -2.33.